The summed E-state index contributed by atoms with van der Waals surface area (Å²) in [5.74, 6) is 1.53. The molecule has 3 rings (SSSR count). The average molecular weight is 314 g/mol. The largest absolute Gasteiger partial charge is 0.478 e. The molecule has 1 amide bonds. The molecular formula is C17H18N2O2S. The number of thioether (sulfide) groups is 1. The van der Waals surface area contributed by atoms with E-state index in [2.05, 4.69) is 17.1 Å². The second-order valence-electron chi connectivity index (χ2n) is 4.95. The lowest BCUT2D eigenvalue weighted by Gasteiger charge is -2.24. The van der Waals surface area contributed by atoms with Crippen molar-refractivity contribution < 1.29 is 9.53 Å². The molecule has 22 heavy (non-hydrogen) atoms. The fourth-order valence-corrected chi connectivity index (χ4v) is 3.73. The number of hydrogen-bond acceptors (Lipinski definition) is 4. The van der Waals surface area contributed by atoms with Crippen LogP contribution in [0.3, 0.4) is 0 Å². The number of ether oxygens (including phenoxy) is 1. The number of aromatic nitrogens is 1. The van der Waals surface area contributed by atoms with Gasteiger partial charge in [-0.2, -0.15) is 0 Å². The van der Waals surface area contributed by atoms with Gasteiger partial charge in [-0.25, -0.2) is 4.98 Å². The summed E-state index contributed by atoms with van der Waals surface area (Å²) < 4.78 is 5.32. The zero-order valence-corrected chi connectivity index (χ0v) is 13.3. The van der Waals surface area contributed by atoms with Crippen LogP contribution >= 0.6 is 11.8 Å². The Morgan fingerprint density at radius 1 is 1.32 bits per heavy atom. The summed E-state index contributed by atoms with van der Waals surface area (Å²) in [6, 6.07) is 13.7. The monoisotopic (exact) mass is 314 g/mol. The van der Waals surface area contributed by atoms with Crippen LogP contribution in [0.4, 0.5) is 0 Å². The van der Waals surface area contributed by atoms with E-state index in [4.69, 9.17) is 4.74 Å². The maximum absolute atomic E-state index is 12.7. The first kappa shape index (κ1) is 14.9. The standard InChI is InChI=1S/C17H18N2O2S/c1-2-21-15-9-8-14(12-18-15)16(20)19-10-11-22-17(19)13-6-4-3-5-7-13/h3-9,12,17H,2,10-11H2,1H3. The summed E-state index contributed by atoms with van der Waals surface area (Å²) in [6.07, 6.45) is 1.60. The van der Waals surface area contributed by atoms with Crippen LogP contribution in [-0.2, 0) is 0 Å². The minimum Gasteiger partial charge on any atom is -0.478 e. The summed E-state index contributed by atoms with van der Waals surface area (Å²) >= 11 is 1.80. The molecule has 1 fully saturated rings. The fourth-order valence-electron chi connectivity index (χ4n) is 2.48. The molecule has 0 radical (unpaired) electrons. The van der Waals surface area contributed by atoms with Crippen LogP contribution in [0, 0.1) is 0 Å². The van der Waals surface area contributed by atoms with Crippen molar-refractivity contribution >= 4 is 17.7 Å². The molecule has 0 spiro atoms. The first-order valence-corrected chi connectivity index (χ1v) is 8.41. The molecule has 5 heteroatoms. The van der Waals surface area contributed by atoms with Crippen LogP contribution in [0.25, 0.3) is 0 Å². The highest BCUT2D eigenvalue weighted by Gasteiger charge is 2.31. The van der Waals surface area contributed by atoms with Crippen molar-refractivity contribution in [2.45, 2.75) is 12.3 Å². The number of amides is 1. The molecule has 1 saturated heterocycles. The Hall–Kier alpha value is -2.01. The molecule has 114 valence electrons. The van der Waals surface area contributed by atoms with Gasteiger partial charge in [-0.3, -0.25) is 4.79 Å². The molecule has 1 aliphatic heterocycles. The molecule has 0 N–H and O–H groups in total. The Balaban J connectivity index is 1.78. The van der Waals surface area contributed by atoms with Crippen molar-refractivity contribution in [1.29, 1.82) is 0 Å². The number of hydrogen-bond donors (Lipinski definition) is 0. The summed E-state index contributed by atoms with van der Waals surface area (Å²) in [7, 11) is 0. The number of pyridine rings is 1. The van der Waals surface area contributed by atoms with Gasteiger partial charge in [0.05, 0.1) is 12.2 Å². The van der Waals surface area contributed by atoms with E-state index in [1.807, 2.05) is 30.0 Å². The van der Waals surface area contributed by atoms with E-state index in [1.165, 1.54) is 0 Å². The number of rotatable bonds is 4. The van der Waals surface area contributed by atoms with Gasteiger partial charge in [-0.05, 0) is 18.6 Å². The van der Waals surface area contributed by atoms with Crippen LogP contribution in [-0.4, -0.2) is 34.7 Å². The molecular weight excluding hydrogens is 296 g/mol. The minimum absolute atomic E-state index is 0.0226. The predicted molar refractivity (Wildman–Crippen MR) is 88.1 cm³/mol. The minimum atomic E-state index is 0.0226. The van der Waals surface area contributed by atoms with Gasteiger partial charge in [0.25, 0.3) is 5.91 Å². The van der Waals surface area contributed by atoms with Gasteiger partial charge in [-0.15, -0.1) is 11.8 Å². The van der Waals surface area contributed by atoms with E-state index < -0.39 is 0 Å². The van der Waals surface area contributed by atoms with E-state index in [-0.39, 0.29) is 11.3 Å². The summed E-state index contributed by atoms with van der Waals surface area (Å²) in [5.41, 5.74) is 1.77. The third kappa shape index (κ3) is 3.09. The van der Waals surface area contributed by atoms with Gasteiger partial charge in [-0.1, -0.05) is 30.3 Å². The molecule has 0 saturated carbocycles. The second kappa shape index (κ2) is 6.83. The third-order valence-electron chi connectivity index (χ3n) is 3.51. The van der Waals surface area contributed by atoms with Gasteiger partial charge in [0.15, 0.2) is 0 Å². The third-order valence-corrected chi connectivity index (χ3v) is 4.77. The molecule has 1 aromatic carbocycles. The van der Waals surface area contributed by atoms with Crippen molar-refractivity contribution in [2.24, 2.45) is 0 Å². The summed E-state index contributed by atoms with van der Waals surface area (Å²) in [6.45, 7) is 3.24. The van der Waals surface area contributed by atoms with Crippen LogP contribution in [0.2, 0.25) is 0 Å². The lowest BCUT2D eigenvalue weighted by molar-refractivity contribution is 0.0760. The zero-order chi connectivity index (χ0) is 15.4. The number of carbonyl (C=O) groups is 1. The Labute approximate surface area is 134 Å². The maximum atomic E-state index is 12.7. The number of carbonyl (C=O) groups excluding carboxylic acids is 1. The van der Waals surface area contributed by atoms with E-state index in [9.17, 15) is 4.79 Å². The molecule has 4 nitrogen and oxygen atoms in total. The number of benzene rings is 1. The van der Waals surface area contributed by atoms with Crippen molar-refractivity contribution in [1.82, 2.24) is 9.88 Å². The van der Waals surface area contributed by atoms with Gasteiger partial charge in [0.2, 0.25) is 5.88 Å². The van der Waals surface area contributed by atoms with Crippen LogP contribution in [0.15, 0.2) is 48.7 Å². The predicted octanol–water partition coefficient (Wildman–Crippen LogP) is 3.37. The maximum Gasteiger partial charge on any atom is 0.256 e. The van der Waals surface area contributed by atoms with Crippen molar-refractivity contribution in [3.05, 3.63) is 59.8 Å². The fraction of sp³-hybridized carbons (Fsp3) is 0.294. The van der Waals surface area contributed by atoms with E-state index >= 15 is 0 Å². The molecule has 0 aliphatic carbocycles. The topological polar surface area (TPSA) is 42.4 Å². The number of nitrogens with zero attached hydrogens (tertiary/aromatic N) is 2. The smallest absolute Gasteiger partial charge is 0.256 e. The van der Waals surface area contributed by atoms with Gasteiger partial charge < -0.3 is 9.64 Å². The lowest BCUT2D eigenvalue weighted by Crippen LogP contribution is -2.30. The Bertz CT molecular complexity index is 631. The quantitative estimate of drug-likeness (QED) is 0.868. The molecule has 2 heterocycles. The zero-order valence-electron chi connectivity index (χ0n) is 12.4. The normalized spacial score (nSPS) is 17.5. The van der Waals surface area contributed by atoms with Crippen LogP contribution in [0.5, 0.6) is 5.88 Å². The van der Waals surface area contributed by atoms with E-state index in [1.54, 1.807) is 30.1 Å². The van der Waals surface area contributed by atoms with Crippen LogP contribution in [0.1, 0.15) is 28.2 Å². The highest BCUT2D eigenvalue weighted by Crippen LogP contribution is 2.38. The SMILES string of the molecule is CCOc1ccc(C(=O)N2CCSC2c2ccccc2)cn1. The molecule has 1 aliphatic rings. The lowest BCUT2D eigenvalue weighted by atomic mass is 10.2. The van der Waals surface area contributed by atoms with Gasteiger partial charge in [0.1, 0.15) is 5.37 Å². The molecule has 2 aromatic rings. The first-order valence-electron chi connectivity index (χ1n) is 7.36. The van der Waals surface area contributed by atoms with Gasteiger partial charge >= 0.3 is 0 Å². The summed E-state index contributed by atoms with van der Waals surface area (Å²) in [5, 5.41) is 0.0836. The highest BCUT2D eigenvalue weighted by molar-refractivity contribution is 7.99. The van der Waals surface area contributed by atoms with Gasteiger partial charge in [0, 0.05) is 24.6 Å². The highest BCUT2D eigenvalue weighted by atomic mass is 32.2. The van der Waals surface area contributed by atoms with Crippen molar-refractivity contribution in [2.75, 3.05) is 18.9 Å². The van der Waals surface area contributed by atoms with Crippen molar-refractivity contribution in [3.8, 4) is 5.88 Å². The Morgan fingerprint density at radius 2 is 2.14 bits per heavy atom. The molecule has 1 aromatic heterocycles. The molecule has 0 bridgehead atoms. The van der Waals surface area contributed by atoms with E-state index in [0.717, 1.165) is 17.9 Å². The summed E-state index contributed by atoms with van der Waals surface area (Å²) in [4.78, 5) is 18.8. The van der Waals surface area contributed by atoms with Crippen LogP contribution < -0.4 is 4.74 Å². The van der Waals surface area contributed by atoms with Crippen molar-refractivity contribution in [3.63, 3.8) is 0 Å². The second-order valence-corrected chi connectivity index (χ2v) is 6.14. The first-order chi connectivity index (χ1) is 10.8. The van der Waals surface area contributed by atoms with E-state index in [0.29, 0.717) is 18.1 Å². The molecule has 1 atom stereocenters. The molecule has 1 unspecified atom stereocenters. The Kier molecular flexibility index (Phi) is 4.63. The Morgan fingerprint density at radius 3 is 2.82 bits per heavy atom. The average Bonchev–Trinajstić information content (AvgIpc) is 3.06.